The lowest BCUT2D eigenvalue weighted by molar-refractivity contribution is -0.00166. The second-order valence-electron chi connectivity index (χ2n) is 8.64. The number of para-hydroxylation sites is 1. The van der Waals surface area contributed by atoms with Gasteiger partial charge in [0.05, 0.1) is 6.10 Å². The maximum atomic E-state index is 13.1. The lowest BCUT2D eigenvalue weighted by Gasteiger charge is -2.44. The minimum atomic E-state index is -0.441. The molecule has 0 N–H and O–H groups in total. The van der Waals surface area contributed by atoms with Crippen LogP contribution in [-0.2, 0) is 12.6 Å². The van der Waals surface area contributed by atoms with Gasteiger partial charge in [-0.25, -0.2) is 0 Å². The highest BCUT2D eigenvalue weighted by molar-refractivity contribution is 5.94. The SMILES string of the molecule is CC(C)Oc1ccc(C(=O)N2CCC3(CC2)Oc2ccccc2-c2nn(C)cc23)cc1. The molecule has 3 heterocycles. The van der Waals surface area contributed by atoms with Gasteiger partial charge in [0.25, 0.3) is 5.91 Å². The van der Waals surface area contributed by atoms with Crippen molar-refractivity contribution >= 4 is 5.91 Å². The number of carbonyl (C=O) groups excluding carboxylic acids is 1. The number of piperidine rings is 1. The Balaban J connectivity index is 1.35. The molecule has 5 rings (SSSR count). The zero-order valence-corrected chi connectivity index (χ0v) is 18.2. The van der Waals surface area contributed by atoms with Gasteiger partial charge >= 0.3 is 0 Å². The number of aromatic nitrogens is 2. The van der Waals surface area contributed by atoms with E-state index in [1.165, 1.54) is 0 Å². The van der Waals surface area contributed by atoms with E-state index in [1.807, 2.05) is 72.9 Å². The van der Waals surface area contributed by atoms with Crippen molar-refractivity contribution in [2.45, 2.75) is 38.4 Å². The van der Waals surface area contributed by atoms with E-state index in [0.29, 0.717) is 18.7 Å². The second-order valence-corrected chi connectivity index (χ2v) is 8.64. The first-order valence-electron chi connectivity index (χ1n) is 10.8. The summed E-state index contributed by atoms with van der Waals surface area (Å²) in [6, 6.07) is 15.5. The highest BCUT2D eigenvalue weighted by Crippen LogP contribution is 2.48. The van der Waals surface area contributed by atoms with E-state index in [2.05, 4.69) is 12.3 Å². The van der Waals surface area contributed by atoms with Crippen LogP contribution >= 0.6 is 0 Å². The van der Waals surface area contributed by atoms with Gasteiger partial charge in [0, 0.05) is 55.9 Å². The summed E-state index contributed by atoms with van der Waals surface area (Å²) >= 11 is 0. The fourth-order valence-electron chi connectivity index (χ4n) is 4.61. The van der Waals surface area contributed by atoms with E-state index < -0.39 is 5.60 Å². The van der Waals surface area contributed by atoms with Crippen molar-refractivity contribution in [3.63, 3.8) is 0 Å². The molecule has 0 aliphatic carbocycles. The molecule has 3 aromatic rings. The van der Waals surface area contributed by atoms with Crippen LogP contribution in [0.2, 0.25) is 0 Å². The summed E-state index contributed by atoms with van der Waals surface area (Å²) in [7, 11) is 1.94. The number of carbonyl (C=O) groups is 1. The van der Waals surface area contributed by atoms with Gasteiger partial charge in [0.1, 0.15) is 22.8 Å². The molecule has 1 fully saturated rings. The number of likely N-dealkylation sites (tertiary alicyclic amines) is 1. The Bertz CT molecular complexity index is 1110. The van der Waals surface area contributed by atoms with Crippen LogP contribution in [0, 0.1) is 0 Å². The number of ether oxygens (including phenoxy) is 2. The minimum Gasteiger partial charge on any atom is -0.491 e. The molecule has 0 saturated carbocycles. The predicted octanol–water partition coefficient (Wildman–Crippen LogP) is 4.40. The van der Waals surface area contributed by atoms with Crippen LogP contribution in [-0.4, -0.2) is 39.8 Å². The van der Waals surface area contributed by atoms with Crippen molar-refractivity contribution in [2.24, 2.45) is 7.05 Å². The number of benzene rings is 2. The summed E-state index contributed by atoms with van der Waals surface area (Å²) in [5.74, 6) is 1.70. The summed E-state index contributed by atoms with van der Waals surface area (Å²) in [5, 5.41) is 4.72. The van der Waals surface area contributed by atoms with Gasteiger partial charge in [0.15, 0.2) is 0 Å². The third-order valence-electron chi connectivity index (χ3n) is 6.10. The summed E-state index contributed by atoms with van der Waals surface area (Å²) in [5.41, 5.74) is 3.39. The second kappa shape index (κ2) is 7.45. The molecule has 2 aliphatic heterocycles. The Morgan fingerprint density at radius 1 is 1.10 bits per heavy atom. The molecule has 31 heavy (non-hydrogen) atoms. The van der Waals surface area contributed by atoms with Crippen molar-refractivity contribution in [2.75, 3.05) is 13.1 Å². The number of aryl methyl sites for hydroxylation is 1. The van der Waals surface area contributed by atoms with E-state index >= 15 is 0 Å². The van der Waals surface area contributed by atoms with Crippen LogP contribution in [0.15, 0.2) is 54.7 Å². The molecule has 0 unspecified atom stereocenters. The average Bonchev–Trinajstić information content (AvgIpc) is 3.17. The van der Waals surface area contributed by atoms with Gasteiger partial charge in [-0.15, -0.1) is 0 Å². The third kappa shape index (κ3) is 3.46. The van der Waals surface area contributed by atoms with Gasteiger partial charge in [-0.2, -0.15) is 5.10 Å². The number of rotatable bonds is 3. The quantitative estimate of drug-likeness (QED) is 0.634. The highest BCUT2D eigenvalue weighted by atomic mass is 16.5. The van der Waals surface area contributed by atoms with Crippen LogP contribution in [0.25, 0.3) is 11.3 Å². The van der Waals surface area contributed by atoms with Gasteiger partial charge in [-0.3, -0.25) is 9.48 Å². The predicted molar refractivity (Wildman–Crippen MR) is 118 cm³/mol. The molecule has 1 aromatic heterocycles. The molecule has 6 nitrogen and oxygen atoms in total. The molecule has 6 heteroatoms. The molecule has 1 amide bonds. The summed E-state index contributed by atoms with van der Waals surface area (Å²) in [4.78, 5) is 15.0. The van der Waals surface area contributed by atoms with Crippen LogP contribution in [0.1, 0.15) is 42.6 Å². The normalized spacial score (nSPS) is 16.6. The lowest BCUT2D eigenvalue weighted by Crippen LogP contribution is -2.48. The zero-order valence-electron chi connectivity index (χ0n) is 18.2. The van der Waals surface area contributed by atoms with Crippen molar-refractivity contribution in [1.82, 2.24) is 14.7 Å². The van der Waals surface area contributed by atoms with Crippen LogP contribution in [0.3, 0.4) is 0 Å². The number of amides is 1. The van der Waals surface area contributed by atoms with Crippen molar-refractivity contribution in [1.29, 1.82) is 0 Å². The maximum absolute atomic E-state index is 13.1. The van der Waals surface area contributed by atoms with Crippen LogP contribution in [0.5, 0.6) is 11.5 Å². The monoisotopic (exact) mass is 417 g/mol. The number of nitrogens with zero attached hydrogens (tertiary/aromatic N) is 3. The Hall–Kier alpha value is -3.28. The van der Waals surface area contributed by atoms with Crippen molar-refractivity contribution < 1.29 is 14.3 Å². The lowest BCUT2D eigenvalue weighted by atomic mass is 9.81. The van der Waals surface area contributed by atoms with E-state index in [1.54, 1.807) is 0 Å². The van der Waals surface area contributed by atoms with E-state index in [0.717, 1.165) is 41.2 Å². The van der Waals surface area contributed by atoms with Crippen LogP contribution in [0.4, 0.5) is 0 Å². The summed E-state index contributed by atoms with van der Waals surface area (Å²) in [6.45, 7) is 5.25. The first kappa shape index (κ1) is 19.7. The Kier molecular flexibility index (Phi) is 4.73. The smallest absolute Gasteiger partial charge is 0.253 e. The van der Waals surface area contributed by atoms with Crippen molar-refractivity contribution in [3.05, 3.63) is 65.9 Å². The van der Waals surface area contributed by atoms with Gasteiger partial charge in [-0.1, -0.05) is 12.1 Å². The summed E-state index contributed by atoms with van der Waals surface area (Å²) < 4.78 is 14.1. The molecule has 160 valence electrons. The zero-order chi connectivity index (χ0) is 21.6. The Morgan fingerprint density at radius 3 is 2.52 bits per heavy atom. The molecule has 0 radical (unpaired) electrons. The third-order valence-corrected chi connectivity index (χ3v) is 6.10. The van der Waals surface area contributed by atoms with Gasteiger partial charge in [0.2, 0.25) is 0 Å². The van der Waals surface area contributed by atoms with Crippen LogP contribution < -0.4 is 9.47 Å². The molecular weight excluding hydrogens is 390 g/mol. The number of hydrogen-bond donors (Lipinski definition) is 0. The Morgan fingerprint density at radius 2 is 1.81 bits per heavy atom. The largest absolute Gasteiger partial charge is 0.491 e. The van der Waals surface area contributed by atoms with Gasteiger partial charge in [-0.05, 0) is 50.2 Å². The Labute approximate surface area is 182 Å². The fraction of sp³-hybridized carbons (Fsp3) is 0.360. The van der Waals surface area contributed by atoms with Gasteiger partial charge < -0.3 is 14.4 Å². The molecule has 0 atom stereocenters. The first-order chi connectivity index (χ1) is 14.9. The van der Waals surface area contributed by atoms with E-state index in [4.69, 9.17) is 14.6 Å². The summed E-state index contributed by atoms with van der Waals surface area (Å²) in [6.07, 6.45) is 3.65. The molecule has 2 aliphatic rings. The van der Waals surface area contributed by atoms with E-state index in [9.17, 15) is 4.79 Å². The topological polar surface area (TPSA) is 56.6 Å². The highest BCUT2D eigenvalue weighted by Gasteiger charge is 2.45. The fourth-order valence-corrected chi connectivity index (χ4v) is 4.61. The number of hydrogen-bond acceptors (Lipinski definition) is 4. The standard InChI is InChI=1S/C25H27N3O3/c1-17(2)30-19-10-8-18(9-11-19)24(29)28-14-12-25(13-15-28)21-16-27(3)26-23(21)20-6-4-5-7-22(20)31-25/h4-11,16-17H,12-15H2,1-3H3. The molecule has 0 bridgehead atoms. The molecule has 2 aromatic carbocycles. The molecule has 1 spiro atoms. The minimum absolute atomic E-state index is 0.0496. The molecular formula is C25H27N3O3. The van der Waals surface area contributed by atoms with E-state index in [-0.39, 0.29) is 12.0 Å². The number of fused-ring (bicyclic) bond motifs is 4. The van der Waals surface area contributed by atoms with Crippen molar-refractivity contribution in [3.8, 4) is 22.8 Å². The maximum Gasteiger partial charge on any atom is 0.253 e. The average molecular weight is 418 g/mol. The molecule has 1 saturated heterocycles. The first-order valence-corrected chi connectivity index (χ1v) is 10.8.